The normalized spacial score (nSPS) is 11.7. The fourth-order valence-corrected chi connectivity index (χ4v) is 2.99. The molecule has 0 N–H and O–H groups in total. The number of ether oxygens (including phenoxy) is 2. The number of rotatable bonds is 3. The van der Waals surface area contributed by atoms with Crippen LogP contribution in [0.3, 0.4) is 0 Å². The molecule has 0 amide bonds. The molecule has 1 atom stereocenters. The van der Waals surface area contributed by atoms with Gasteiger partial charge in [-0.05, 0) is 36.4 Å². The number of carbonyl (C=O) groups is 1. The first-order chi connectivity index (χ1) is 9.20. The van der Waals surface area contributed by atoms with Gasteiger partial charge in [-0.2, -0.15) is 0 Å². The van der Waals surface area contributed by atoms with Crippen molar-refractivity contribution in [3.05, 3.63) is 54.6 Å². The third-order valence-electron chi connectivity index (χ3n) is 2.64. The highest BCUT2D eigenvalue weighted by molar-refractivity contribution is 7.96. The summed E-state index contributed by atoms with van der Waals surface area (Å²) < 4.78 is 9.39. The van der Waals surface area contributed by atoms with E-state index in [1.165, 1.54) is 16.9 Å². The third kappa shape index (κ3) is 3.51. The van der Waals surface area contributed by atoms with Gasteiger partial charge in [0.2, 0.25) is 0 Å². The highest BCUT2D eigenvalue weighted by atomic mass is 32.2. The van der Waals surface area contributed by atoms with E-state index >= 15 is 0 Å². The van der Waals surface area contributed by atoms with E-state index in [1.54, 1.807) is 12.1 Å². The summed E-state index contributed by atoms with van der Waals surface area (Å²) in [4.78, 5) is 13.5. The molecule has 0 heterocycles. The highest BCUT2D eigenvalue weighted by Crippen LogP contribution is 2.23. The molecule has 0 saturated carbocycles. The van der Waals surface area contributed by atoms with Crippen LogP contribution in [0.4, 0.5) is 4.79 Å². The number of carbonyl (C=O) groups excluding carboxylic acids is 1. The lowest BCUT2D eigenvalue weighted by Crippen LogP contribution is -2.07. The SMILES string of the molecule is COC(=O)Oc1ccc([S+](C)c2ccccc2)cc1. The molecule has 19 heavy (non-hydrogen) atoms. The number of benzene rings is 2. The van der Waals surface area contributed by atoms with E-state index in [1.807, 2.05) is 30.3 Å². The van der Waals surface area contributed by atoms with E-state index in [0.29, 0.717) is 5.75 Å². The van der Waals surface area contributed by atoms with Gasteiger partial charge in [0.15, 0.2) is 9.79 Å². The molecule has 3 nitrogen and oxygen atoms in total. The Labute approximate surface area is 115 Å². The van der Waals surface area contributed by atoms with Gasteiger partial charge >= 0.3 is 6.16 Å². The molecule has 0 spiro atoms. The number of hydrogen-bond acceptors (Lipinski definition) is 3. The molecule has 0 aromatic heterocycles. The molecular formula is C15H15O3S+. The van der Waals surface area contributed by atoms with Crippen LogP contribution >= 0.6 is 0 Å². The lowest BCUT2D eigenvalue weighted by Gasteiger charge is -2.04. The summed E-state index contributed by atoms with van der Waals surface area (Å²) in [5.74, 6) is 0.487. The maximum absolute atomic E-state index is 11.0. The quantitative estimate of drug-likeness (QED) is 0.488. The fourth-order valence-electron chi connectivity index (χ4n) is 1.61. The van der Waals surface area contributed by atoms with Crippen LogP contribution in [-0.2, 0) is 15.6 Å². The molecule has 1 unspecified atom stereocenters. The minimum absolute atomic E-state index is 0.00873. The first-order valence-electron chi connectivity index (χ1n) is 5.77. The van der Waals surface area contributed by atoms with E-state index in [9.17, 15) is 4.79 Å². The predicted molar refractivity (Wildman–Crippen MR) is 75.7 cm³/mol. The average Bonchev–Trinajstić information content (AvgIpc) is 2.48. The zero-order valence-corrected chi connectivity index (χ0v) is 11.6. The lowest BCUT2D eigenvalue weighted by atomic mass is 10.3. The Morgan fingerprint density at radius 2 is 1.53 bits per heavy atom. The van der Waals surface area contributed by atoms with Crippen molar-refractivity contribution in [3.8, 4) is 5.75 Å². The first-order valence-corrected chi connectivity index (χ1v) is 7.41. The summed E-state index contributed by atoms with van der Waals surface area (Å²) in [7, 11) is 1.30. The van der Waals surface area contributed by atoms with Gasteiger partial charge in [-0.25, -0.2) is 4.79 Å². The largest absolute Gasteiger partial charge is 0.513 e. The fraction of sp³-hybridized carbons (Fsp3) is 0.133. The molecule has 2 aromatic rings. The maximum atomic E-state index is 11.0. The summed E-state index contributed by atoms with van der Waals surface area (Å²) in [6.45, 7) is 0. The first kappa shape index (κ1) is 13.5. The van der Waals surface area contributed by atoms with Crippen LogP contribution in [0.2, 0.25) is 0 Å². The van der Waals surface area contributed by atoms with Gasteiger partial charge in [0.25, 0.3) is 0 Å². The van der Waals surface area contributed by atoms with Crippen molar-refractivity contribution in [2.45, 2.75) is 9.79 Å². The molecule has 0 aliphatic carbocycles. The number of hydrogen-bond donors (Lipinski definition) is 0. The second-order valence-electron chi connectivity index (χ2n) is 3.85. The monoisotopic (exact) mass is 275 g/mol. The summed E-state index contributed by atoms with van der Waals surface area (Å²) in [5.41, 5.74) is 0. The van der Waals surface area contributed by atoms with Crippen molar-refractivity contribution in [3.63, 3.8) is 0 Å². The average molecular weight is 275 g/mol. The molecule has 0 aliphatic heterocycles. The molecular weight excluding hydrogens is 260 g/mol. The number of methoxy groups -OCH3 is 1. The van der Waals surface area contributed by atoms with Gasteiger partial charge in [-0.3, -0.25) is 0 Å². The Kier molecular flexibility index (Phi) is 4.47. The highest BCUT2D eigenvalue weighted by Gasteiger charge is 2.18. The van der Waals surface area contributed by atoms with Crippen molar-refractivity contribution in [1.82, 2.24) is 0 Å². The van der Waals surface area contributed by atoms with Crippen molar-refractivity contribution in [2.75, 3.05) is 13.4 Å². The van der Waals surface area contributed by atoms with Crippen LogP contribution in [0.25, 0.3) is 0 Å². The second-order valence-corrected chi connectivity index (χ2v) is 5.81. The second kappa shape index (κ2) is 6.29. The van der Waals surface area contributed by atoms with Gasteiger partial charge in [0.1, 0.15) is 12.0 Å². The molecule has 0 saturated heterocycles. The Hall–Kier alpha value is -1.94. The van der Waals surface area contributed by atoms with Crippen molar-refractivity contribution >= 4 is 17.1 Å². The van der Waals surface area contributed by atoms with Crippen LogP contribution in [0.15, 0.2) is 64.4 Å². The van der Waals surface area contributed by atoms with Crippen LogP contribution in [0, 0.1) is 0 Å². The van der Waals surface area contributed by atoms with Crippen LogP contribution in [0.1, 0.15) is 0 Å². The van der Waals surface area contributed by atoms with Crippen molar-refractivity contribution in [2.24, 2.45) is 0 Å². The topological polar surface area (TPSA) is 35.5 Å². The zero-order chi connectivity index (χ0) is 13.7. The van der Waals surface area contributed by atoms with Crippen LogP contribution in [-0.4, -0.2) is 19.5 Å². The van der Waals surface area contributed by atoms with E-state index in [0.717, 1.165) is 0 Å². The van der Waals surface area contributed by atoms with Gasteiger partial charge in [0.05, 0.1) is 18.0 Å². The van der Waals surface area contributed by atoms with E-state index in [2.05, 4.69) is 23.1 Å². The molecule has 0 radical (unpaired) electrons. The minimum atomic E-state index is -0.702. The van der Waals surface area contributed by atoms with Crippen molar-refractivity contribution in [1.29, 1.82) is 0 Å². The third-order valence-corrected chi connectivity index (χ3v) is 4.60. The summed E-state index contributed by atoms with van der Waals surface area (Å²) in [5, 5.41) is 0. The van der Waals surface area contributed by atoms with Gasteiger partial charge < -0.3 is 9.47 Å². The van der Waals surface area contributed by atoms with E-state index in [-0.39, 0.29) is 10.9 Å². The molecule has 0 bridgehead atoms. The van der Waals surface area contributed by atoms with Crippen LogP contribution in [0.5, 0.6) is 5.75 Å². The Morgan fingerprint density at radius 1 is 0.947 bits per heavy atom. The molecule has 0 fully saturated rings. The molecule has 0 aliphatic rings. The van der Waals surface area contributed by atoms with Gasteiger partial charge in [-0.1, -0.05) is 18.2 Å². The minimum Gasteiger partial charge on any atom is -0.437 e. The Morgan fingerprint density at radius 3 is 2.11 bits per heavy atom. The molecule has 4 heteroatoms. The van der Waals surface area contributed by atoms with E-state index < -0.39 is 6.16 Å². The summed E-state index contributed by atoms with van der Waals surface area (Å²) in [6, 6.07) is 17.8. The van der Waals surface area contributed by atoms with Crippen LogP contribution < -0.4 is 4.74 Å². The van der Waals surface area contributed by atoms with Gasteiger partial charge in [-0.15, -0.1) is 0 Å². The summed E-state index contributed by atoms with van der Waals surface area (Å²) in [6.07, 6.45) is 1.47. The van der Waals surface area contributed by atoms with Crippen molar-refractivity contribution < 1.29 is 14.3 Å². The smallest absolute Gasteiger partial charge is 0.437 e. The molecule has 2 aromatic carbocycles. The zero-order valence-electron chi connectivity index (χ0n) is 10.8. The predicted octanol–water partition coefficient (Wildman–Crippen LogP) is 3.50. The van der Waals surface area contributed by atoms with E-state index in [4.69, 9.17) is 4.74 Å². The summed E-state index contributed by atoms with van der Waals surface area (Å²) >= 11 is 0. The Bertz CT molecular complexity index is 537. The Balaban J connectivity index is 2.12. The molecule has 2 rings (SSSR count). The van der Waals surface area contributed by atoms with Gasteiger partial charge in [0, 0.05) is 0 Å². The molecule has 98 valence electrons. The lowest BCUT2D eigenvalue weighted by molar-refractivity contribution is 0.121. The maximum Gasteiger partial charge on any atom is 0.513 e. The standard InChI is InChI=1S/C15H15O3S/c1-17-15(16)18-12-8-10-14(11-9-12)19(2)13-6-4-3-5-7-13/h3-11H,1-2H3/q+1.